The van der Waals surface area contributed by atoms with Gasteiger partial charge in [-0.2, -0.15) is 0 Å². The summed E-state index contributed by atoms with van der Waals surface area (Å²) in [5, 5.41) is 0. The topological polar surface area (TPSA) is 53.1 Å². The molecular formula is C13H18BrN3O. The van der Waals surface area contributed by atoms with Gasteiger partial charge in [-0.3, -0.25) is 0 Å². The van der Waals surface area contributed by atoms with Crippen molar-refractivity contribution in [1.29, 1.82) is 0 Å². The molecule has 0 saturated heterocycles. The lowest BCUT2D eigenvalue weighted by Crippen LogP contribution is -2.12. The Morgan fingerprint density at radius 1 is 1.44 bits per heavy atom. The molecule has 0 saturated carbocycles. The van der Waals surface area contributed by atoms with Gasteiger partial charge in [0.25, 0.3) is 0 Å². The van der Waals surface area contributed by atoms with E-state index in [9.17, 15) is 0 Å². The van der Waals surface area contributed by atoms with Gasteiger partial charge in [-0.15, -0.1) is 0 Å². The van der Waals surface area contributed by atoms with E-state index in [1.807, 2.05) is 12.1 Å². The van der Waals surface area contributed by atoms with Crippen molar-refractivity contribution in [3.05, 3.63) is 28.5 Å². The molecule has 1 aromatic heterocycles. The highest BCUT2D eigenvalue weighted by atomic mass is 79.9. The molecule has 0 aliphatic carbocycles. The third-order valence-corrected chi connectivity index (χ3v) is 3.23. The molecule has 18 heavy (non-hydrogen) atoms. The molecule has 0 radical (unpaired) electrons. The first-order valence-corrected chi connectivity index (χ1v) is 6.87. The van der Waals surface area contributed by atoms with E-state index in [4.69, 9.17) is 10.5 Å². The second-order valence-electron chi connectivity index (χ2n) is 4.47. The highest BCUT2D eigenvalue weighted by Gasteiger charge is 2.13. The van der Waals surface area contributed by atoms with Crippen LogP contribution in [0.1, 0.15) is 25.7 Å². The normalized spacial score (nSPS) is 11.6. The SMILES string of the molecule is CC(C)n1c(COCCN)nc2cc(Br)ccc21. The van der Waals surface area contributed by atoms with E-state index >= 15 is 0 Å². The van der Waals surface area contributed by atoms with Gasteiger partial charge in [0.1, 0.15) is 12.4 Å². The van der Waals surface area contributed by atoms with E-state index in [0.717, 1.165) is 21.3 Å². The molecule has 0 spiro atoms. The van der Waals surface area contributed by atoms with Crippen molar-refractivity contribution in [2.24, 2.45) is 5.73 Å². The quantitative estimate of drug-likeness (QED) is 0.864. The number of halogens is 1. The fourth-order valence-corrected chi connectivity index (χ4v) is 2.40. The largest absolute Gasteiger partial charge is 0.372 e. The van der Waals surface area contributed by atoms with Crippen LogP contribution < -0.4 is 5.73 Å². The van der Waals surface area contributed by atoms with Gasteiger partial charge in [-0.05, 0) is 32.0 Å². The summed E-state index contributed by atoms with van der Waals surface area (Å²) in [7, 11) is 0. The van der Waals surface area contributed by atoms with E-state index in [1.165, 1.54) is 0 Å². The maximum atomic E-state index is 5.50. The van der Waals surface area contributed by atoms with Gasteiger partial charge in [-0.25, -0.2) is 4.98 Å². The zero-order valence-corrected chi connectivity index (χ0v) is 12.3. The zero-order valence-electron chi connectivity index (χ0n) is 10.7. The fourth-order valence-electron chi connectivity index (χ4n) is 2.05. The summed E-state index contributed by atoms with van der Waals surface area (Å²) < 4.78 is 8.75. The Labute approximate surface area is 115 Å². The van der Waals surface area contributed by atoms with Gasteiger partial charge in [0.05, 0.1) is 17.6 Å². The van der Waals surface area contributed by atoms with Crippen molar-refractivity contribution in [3.63, 3.8) is 0 Å². The number of hydrogen-bond acceptors (Lipinski definition) is 3. The Hall–Kier alpha value is -0.910. The van der Waals surface area contributed by atoms with Gasteiger partial charge < -0.3 is 15.0 Å². The average molecular weight is 312 g/mol. The number of ether oxygens (including phenoxy) is 1. The van der Waals surface area contributed by atoms with Crippen LogP contribution in [0.4, 0.5) is 0 Å². The minimum Gasteiger partial charge on any atom is -0.372 e. The maximum absolute atomic E-state index is 5.50. The van der Waals surface area contributed by atoms with Crippen LogP contribution in [0.5, 0.6) is 0 Å². The number of benzene rings is 1. The second kappa shape index (κ2) is 5.82. The Morgan fingerprint density at radius 2 is 2.22 bits per heavy atom. The Balaban J connectivity index is 2.41. The van der Waals surface area contributed by atoms with Gasteiger partial charge in [0.15, 0.2) is 0 Å². The monoisotopic (exact) mass is 311 g/mol. The summed E-state index contributed by atoms with van der Waals surface area (Å²) in [5.74, 6) is 0.951. The minimum atomic E-state index is 0.354. The standard InChI is InChI=1S/C13H18BrN3O/c1-9(2)17-12-4-3-10(14)7-11(12)16-13(17)8-18-6-5-15/h3-4,7,9H,5-6,8,15H2,1-2H3. The van der Waals surface area contributed by atoms with Crippen molar-refractivity contribution in [2.75, 3.05) is 13.2 Å². The van der Waals surface area contributed by atoms with E-state index in [1.54, 1.807) is 0 Å². The third-order valence-electron chi connectivity index (χ3n) is 2.73. The van der Waals surface area contributed by atoms with E-state index in [-0.39, 0.29) is 0 Å². The van der Waals surface area contributed by atoms with Crippen molar-refractivity contribution < 1.29 is 4.74 Å². The highest BCUT2D eigenvalue weighted by molar-refractivity contribution is 9.10. The molecule has 0 atom stereocenters. The molecule has 2 aromatic rings. The zero-order chi connectivity index (χ0) is 13.1. The number of nitrogens with zero attached hydrogens (tertiary/aromatic N) is 2. The molecule has 98 valence electrons. The predicted octanol–water partition coefficient (Wildman–Crippen LogP) is 2.86. The number of imidazole rings is 1. The van der Waals surface area contributed by atoms with Gasteiger partial charge >= 0.3 is 0 Å². The van der Waals surface area contributed by atoms with Crippen LogP contribution in [-0.4, -0.2) is 22.7 Å². The molecule has 0 aliphatic rings. The Kier molecular flexibility index (Phi) is 4.37. The van der Waals surface area contributed by atoms with E-state index < -0.39 is 0 Å². The first-order chi connectivity index (χ1) is 8.63. The number of fused-ring (bicyclic) bond motifs is 1. The number of aromatic nitrogens is 2. The highest BCUT2D eigenvalue weighted by Crippen LogP contribution is 2.24. The summed E-state index contributed by atoms with van der Waals surface area (Å²) in [6, 6.07) is 6.50. The van der Waals surface area contributed by atoms with Crippen LogP contribution in [0, 0.1) is 0 Å². The molecule has 0 aliphatic heterocycles. The molecule has 5 heteroatoms. The lowest BCUT2D eigenvalue weighted by atomic mass is 10.3. The van der Waals surface area contributed by atoms with Crippen LogP contribution in [0.25, 0.3) is 11.0 Å². The molecule has 1 heterocycles. The molecule has 0 amide bonds. The molecule has 2 rings (SSSR count). The summed E-state index contributed by atoms with van der Waals surface area (Å²) in [4.78, 5) is 4.63. The maximum Gasteiger partial charge on any atom is 0.136 e. The molecule has 0 bridgehead atoms. The van der Waals surface area contributed by atoms with Gasteiger partial charge in [0.2, 0.25) is 0 Å². The molecule has 2 N–H and O–H groups in total. The summed E-state index contributed by atoms with van der Waals surface area (Å²) >= 11 is 3.47. The van der Waals surface area contributed by atoms with Crippen molar-refractivity contribution >= 4 is 27.0 Å². The fraction of sp³-hybridized carbons (Fsp3) is 0.462. The van der Waals surface area contributed by atoms with Gasteiger partial charge in [0, 0.05) is 17.1 Å². The molecule has 0 fully saturated rings. The van der Waals surface area contributed by atoms with Crippen LogP contribution in [0.15, 0.2) is 22.7 Å². The van der Waals surface area contributed by atoms with Crippen LogP contribution in [0.3, 0.4) is 0 Å². The molecular weight excluding hydrogens is 294 g/mol. The summed E-state index contributed by atoms with van der Waals surface area (Å²) in [5.41, 5.74) is 7.56. The van der Waals surface area contributed by atoms with E-state index in [0.29, 0.717) is 25.8 Å². The number of hydrogen-bond donors (Lipinski definition) is 1. The summed E-state index contributed by atoms with van der Waals surface area (Å²) in [6.45, 7) is 5.89. The van der Waals surface area contributed by atoms with Crippen molar-refractivity contribution in [2.45, 2.75) is 26.5 Å². The lowest BCUT2D eigenvalue weighted by molar-refractivity contribution is 0.119. The molecule has 0 unspecified atom stereocenters. The van der Waals surface area contributed by atoms with Crippen molar-refractivity contribution in [1.82, 2.24) is 9.55 Å². The van der Waals surface area contributed by atoms with E-state index in [2.05, 4.69) is 45.4 Å². The lowest BCUT2D eigenvalue weighted by Gasteiger charge is -2.13. The van der Waals surface area contributed by atoms with Gasteiger partial charge in [-0.1, -0.05) is 15.9 Å². The van der Waals surface area contributed by atoms with Crippen LogP contribution in [-0.2, 0) is 11.3 Å². The van der Waals surface area contributed by atoms with Crippen LogP contribution >= 0.6 is 15.9 Å². The first kappa shape index (κ1) is 13.5. The Morgan fingerprint density at radius 3 is 2.89 bits per heavy atom. The average Bonchev–Trinajstić information content (AvgIpc) is 2.66. The minimum absolute atomic E-state index is 0.354. The Bertz CT molecular complexity index is 536. The third kappa shape index (κ3) is 2.74. The summed E-state index contributed by atoms with van der Waals surface area (Å²) in [6.07, 6.45) is 0. The second-order valence-corrected chi connectivity index (χ2v) is 5.38. The smallest absolute Gasteiger partial charge is 0.136 e. The van der Waals surface area contributed by atoms with Crippen molar-refractivity contribution in [3.8, 4) is 0 Å². The first-order valence-electron chi connectivity index (χ1n) is 6.07. The molecule has 1 aromatic carbocycles. The van der Waals surface area contributed by atoms with Crippen LogP contribution in [0.2, 0.25) is 0 Å². The number of nitrogens with two attached hydrogens (primary N) is 1. The molecule has 4 nitrogen and oxygen atoms in total. The number of rotatable bonds is 5. The predicted molar refractivity (Wildman–Crippen MR) is 76.5 cm³/mol.